The Morgan fingerprint density at radius 2 is 1.86 bits per heavy atom. The lowest BCUT2D eigenvalue weighted by Gasteiger charge is -2.52. The minimum atomic E-state index is -1.70. The summed E-state index contributed by atoms with van der Waals surface area (Å²) in [5.74, 6) is -0.467. The standard InChI is InChI=1S/C23H24ClN3O6S2/c1-5-16(28)34-22(3)19(30)27-18(13-6-7-14-15(8-13)33-12-32-14)21(2,11-25)10-23(27,20(31)26(22)4)35-17(29)9-24/h6-8,18H,5,9-10,12H2,1-4H3/t18?,21-,22+,23+/m1/s1. The highest BCUT2D eigenvalue weighted by molar-refractivity contribution is 8.16. The van der Waals surface area contributed by atoms with Crippen molar-refractivity contribution in [1.29, 1.82) is 5.26 Å². The van der Waals surface area contributed by atoms with Crippen LogP contribution in [0.15, 0.2) is 18.2 Å². The summed E-state index contributed by atoms with van der Waals surface area (Å²) in [4.78, 5) is 52.6. The van der Waals surface area contributed by atoms with Crippen LogP contribution in [0.1, 0.15) is 45.2 Å². The number of carbonyl (C=O) groups excluding carboxylic acids is 4. The summed E-state index contributed by atoms with van der Waals surface area (Å²) in [5, 5.41) is 9.54. The molecule has 12 heteroatoms. The van der Waals surface area contributed by atoms with Crippen LogP contribution in [0.3, 0.4) is 0 Å². The van der Waals surface area contributed by atoms with E-state index in [0.717, 1.165) is 11.8 Å². The second kappa shape index (κ2) is 8.91. The zero-order valence-electron chi connectivity index (χ0n) is 19.6. The SMILES string of the molecule is CCC(=O)S[C@@]1(C)C(=O)N2C(c3ccc4c(c3)OCO4)[C@@](C)(C#N)C[C@]2(SC(=O)CCl)C(=O)N1C. The molecular formula is C23H24ClN3O6S2. The number of benzene rings is 1. The molecule has 2 fully saturated rings. The van der Waals surface area contributed by atoms with Crippen LogP contribution >= 0.6 is 35.1 Å². The van der Waals surface area contributed by atoms with E-state index in [2.05, 4.69) is 6.07 Å². The highest BCUT2D eigenvalue weighted by Gasteiger charge is 2.71. The molecule has 3 aliphatic heterocycles. The predicted molar refractivity (Wildman–Crippen MR) is 131 cm³/mol. The van der Waals surface area contributed by atoms with Crippen LogP contribution in [0.2, 0.25) is 0 Å². The topological polar surface area (TPSA) is 117 Å². The number of hydrogen-bond acceptors (Lipinski definition) is 9. The maximum Gasteiger partial charge on any atom is 0.261 e. The van der Waals surface area contributed by atoms with Crippen LogP contribution in [0.25, 0.3) is 0 Å². The number of thioether (sulfide) groups is 2. The number of nitriles is 1. The molecule has 2 saturated heterocycles. The number of halogens is 1. The van der Waals surface area contributed by atoms with E-state index in [1.807, 2.05) is 0 Å². The second-order valence-electron chi connectivity index (χ2n) is 8.96. The molecule has 186 valence electrons. The Labute approximate surface area is 216 Å². The molecular weight excluding hydrogens is 514 g/mol. The van der Waals surface area contributed by atoms with Crippen molar-refractivity contribution < 1.29 is 28.7 Å². The summed E-state index contributed by atoms with van der Waals surface area (Å²) >= 11 is 7.23. The minimum Gasteiger partial charge on any atom is -0.454 e. The van der Waals surface area contributed by atoms with Gasteiger partial charge in [0, 0.05) is 19.9 Å². The van der Waals surface area contributed by atoms with Crippen molar-refractivity contribution in [2.75, 3.05) is 19.7 Å². The normalized spacial score (nSPS) is 31.4. The molecule has 4 rings (SSSR count). The van der Waals surface area contributed by atoms with Gasteiger partial charge in [-0.25, -0.2) is 0 Å². The first-order valence-corrected chi connectivity index (χ1v) is 13.1. The lowest BCUT2D eigenvalue weighted by atomic mass is 9.79. The number of fused-ring (bicyclic) bond motifs is 2. The fourth-order valence-electron chi connectivity index (χ4n) is 4.91. The Morgan fingerprint density at radius 3 is 2.49 bits per heavy atom. The minimum absolute atomic E-state index is 0.0444. The van der Waals surface area contributed by atoms with E-state index in [-0.39, 0.29) is 30.6 Å². The monoisotopic (exact) mass is 537 g/mol. The number of likely N-dealkylation sites (N-methyl/N-ethyl adjacent to an activating group) is 1. The van der Waals surface area contributed by atoms with Gasteiger partial charge in [0.1, 0.15) is 0 Å². The highest BCUT2D eigenvalue weighted by Crippen LogP contribution is 2.62. The summed E-state index contributed by atoms with van der Waals surface area (Å²) in [6.45, 7) is 4.90. The van der Waals surface area contributed by atoms with Gasteiger partial charge in [0.15, 0.2) is 26.4 Å². The van der Waals surface area contributed by atoms with Gasteiger partial charge in [0.05, 0.1) is 23.4 Å². The first kappa shape index (κ1) is 25.7. The Balaban J connectivity index is 1.94. The molecule has 9 nitrogen and oxygen atoms in total. The van der Waals surface area contributed by atoms with Gasteiger partial charge in [-0.05, 0) is 55.1 Å². The third-order valence-electron chi connectivity index (χ3n) is 6.71. The average molecular weight is 538 g/mol. The average Bonchev–Trinajstić information content (AvgIpc) is 3.41. The summed E-state index contributed by atoms with van der Waals surface area (Å²) in [5.41, 5.74) is -0.691. The van der Waals surface area contributed by atoms with Gasteiger partial charge in [0.2, 0.25) is 11.9 Å². The summed E-state index contributed by atoms with van der Waals surface area (Å²) < 4.78 is 10.9. The van der Waals surface area contributed by atoms with E-state index in [0.29, 0.717) is 28.8 Å². The molecule has 0 N–H and O–H groups in total. The number of hydrogen-bond donors (Lipinski definition) is 0. The molecule has 35 heavy (non-hydrogen) atoms. The van der Waals surface area contributed by atoms with E-state index < -0.39 is 38.1 Å². The number of piperazine rings is 1. The van der Waals surface area contributed by atoms with Crippen LogP contribution in [-0.4, -0.2) is 61.3 Å². The van der Waals surface area contributed by atoms with Crippen molar-refractivity contribution in [2.24, 2.45) is 5.41 Å². The zero-order chi connectivity index (χ0) is 25.8. The molecule has 0 radical (unpaired) electrons. The van der Waals surface area contributed by atoms with Crippen molar-refractivity contribution in [2.45, 2.75) is 49.4 Å². The fourth-order valence-corrected chi connectivity index (χ4v) is 7.38. The number of nitrogens with zero attached hydrogens (tertiary/aromatic N) is 3. The zero-order valence-corrected chi connectivity index (χ0v) is 22.0. The van der Waals surface area contributed by atoms with E-state index in [1.165, 1.54) is 23.8 Å². The summed E-state index contributed by atoms with van der Waals surface area (Å²) in [6, 6.07) is 6.48. The third-order valence-corrected chi connectivity index (χ3v) is 9.70. The predicted octanol–water partition coefficient (Wildman–Crippen LogP) is 3.27. The lowest BCUT2D eigenvalue weighted by molar-refractivity contribution is -0.163. The molecule has 2 amide bonds. The van der Waals surface area contributed by atoms with E-state index in [9.17, 15) is 24.4 Å². The Hall–Kier alpha value is -2.42. The van der Waals surface area contributed by atoms with Gasteiger partial charge >= 0.3 is 0 Å². The van der Waals surface area contributed by atoms with Crippen molar-refractivity contribution in [1.82, 2.24) is 9.80 Å². The molecule has 0 aromatic heterocycles. The molecule has 0 bridgehead atoms. The summed E-state index contributed by atoms with van der Waals surface area (Å²) in [6.07, 6.45) is 0.0714. The highest BCUT2D eigenvalue weighted by atomic mass is 35.5. The number of ether oxygens (including phenoxy) is 2. The Bertz CT molecular complexity index is 1170. The smallest absolute Gasteiger partial charge is 0.261 e. The molecule has 3 aliphatic rings. The number of amides is 2. The van der Waals surface area contributed by atoms with Gasteiger partial charge in [-0.2, -0.15) is 5.26 Å². The quantitative estimate of drug-likeness (QED) is 0.521. The van der Waals surface area contributed by atoms with Crippen LogP contribution in [0.4, 0.5) is 0 Å². The third kappa shape index (κ3) is 3.77. The first-order valence-electron chi connectivity index (χ1n) is 10.9. The number of carbonyl (C=O) groups is 4. The van der Waals surface area contributed by atoms with Gasteiger partial charge < -0.3 is 19.3 Å². The summed E-state index contributed by atoms with van der Waals surface area (Å²) in [7, 11) is 1.44. The molecule has 4 atom stereocenters. The fraction of sp³-hybridized carbons (Fsp3) is 0.522. The van der Waals surface area contributed by atoms with Crippen LogP contribution in [-0.2, 0) is 19.2 Å². The van der Waals surface area contributed by atoms with Crippen molar-refractivity contribution in [3.05, 3.63) is 23.8 Å². The first-order chi connectivity index (χ1) is 16.5. The number of rotatable bonds is 5. The van der Waals surface area contributed by atoms with Crippen LogP contribution in [0, 0.1) is 16.7 Å². The van der Waals surface area contributed by atoms with Crippen LogP contribution in [0.5, 0.6) is 11.5 Å². The molecule has 1 unspecified atom stereocenters. The molecule has 0 aliphatic carbocycles. The number of alkyl halides is 1. The van der Waals surface area contributed by atoms with Gasteiger partial charge in [0.25, 0.3) is 11.8 Å². The van der Waals surface area contributed by atoms with Crippen molar-refractivity contribution in [3.63, 3.8) is 0 Å². The van der Waals surface area contributed by atoms with Gasteiger partial charge in [-0.1, -0.05) is 13.0 Å². The Morgan fingerprint density at radius 1 is 1.17 bits per heavy atom. The molecule has 1 aromatic rings. The van der Waals surface area contributed by atoms with Crippen molar-refractivity contribution >= 4 is 57.2 Å². The largest absolute Gasteiger partial charge is 0.454 e. The molecule has 1 aromatic carbocycles. The van der Waals surface area contributed by atoms with E-state index >= 15 is 0 Å². The lowest BCUT2D eigenvalue weighted by Crippen LogP contribution is -2.71. The van der Waals surface area contributed by atoms with E-state index in [1.54, 1.807) is 32.0 Å². The van der Waals surface area contributed by atoms with Crippen molar-refractivity contribution in [3.8, 4) is 17.6 Å². The maximum atomic E-state index is 14.3. The van der Waals surface area contributed by atoms with Gasteiger partial charge in [-0.15, -0.1) is 11.6 Å². The van der Waals surface area contributed by atoms with E-state index in [4.69, 9.17) is 21.1 Å². The molecule has 0 saturated carbocycles. The Kier molecular flexibility index (Phi) is 6.53. The molecule has 3 heterocycles. The van der Waals surface area contributed by atoms with Crippen LogP contribution < -0.4 is 9.47 Å². The van der Waals surface area contributed by atoms with Gasteiger partial charge in [-0.3, -0.25) is 19.2 Å². The molecule has 0 spiro atoms. The maximum absolute atomic E-state index is 14.3. The second-order valence-corrected chi connectivity index (χ2v) is 12.0.